The quantitative estimate of drug-likeness (QED) is 0.107. The highest BCUT2D eigenvalue weighted by atomic mass is 16.8. The van der Waals surface area contributed by atoms with Gasteiger partial charge in [0.15, 0.2) is 41.7 Å². The highest BCUT2D eigenvalue weighted by Crippen LogP contribution is 2.54. The zero-order chi connectivity index (χ0) is 40.5. The minimum atomic E-state index is -2.09. The van der Waals surface area contributed by atoms with E-state index in [0.29, 0.717) is 41.8 Å². The Hall–Kier alpha value is -3.20. The molecule has 9 rings (SSSR count). The van der Waals surface area contributed by atoms with Crippen molar-refractivity contribution < 1.29 is 103 Å². The highest BCUT2D eigenvalue weighted by molar-refractivity contribution is 5.53. The topological polar surface area (TPSA) is 293 Å². The Balaban J connectivity index is 0.992. The molecule has 0 saturated carbocycles. The van der Waals surface area contributed by atoms with Crippen LogP contribution in [0.15, 0.2) is 30.3 Å². The van der Waals surface area contributed by atoms with Gasteiger partial charge in [0.1, 0.15) is 60.2 Å². The van der Waals surface area contributed by atoms with Crippen LogP contribution in [-0.2, 0) is 33.2 Å². The molecule has 5 fully saturated rings. The van der Waals surface area contributed by atoms with Gasteiger partial charge in [-0.2, -0.15) is 0 Å². The van der Waals surface area contributed by atoms with Crippen molar-refractivity contribution >= 4 is 0 Å². The first-order chi connectivity index (χ1) is 28.0. The molecule has 0 spiro atoms. The monoisotopic (exact) mass is 826 g/mol. The molecule has 21 heteroatoms. The smallest absolute Gasteiger partial charge is 0.231 e. The summed E-state index contributed by atoms with van der Waals surface area (Å²) in [7, 11) is 0. The normalized spacial score (nSPS) is 42.8. The van der Waals surface area contributed by atoms with Crippen LogP contribution in [0.1, 0.15) is 23.3 Å². The molecule has 0 radical (unpaired) electrons. The van der Waals surface area contributed by atoms with Crippen molar-refractivity contribution in [3.63, 3.8) is 0 Å². The van der Waals surface area contributed by atoms with Gasteiger partial charge >= 0.3 is 0 Å². The first-order valence-electron chi connectivity index (χ1n) is 18.9. The van der Waals surface area contributed by atoms with Crippen LogP contribution in [0.3, 0.4) is 0 Å². The second-order valence-corrected chi connectivity index (χ2v) is 15.4. The zero-order valence-electron chi connectivity index (χ0n) is 30.7. The summed E-state index contributed by atoms with van der Waals surface area (Å²) in [6.07, 6.45) is -20.8. The molecule has 0 bridgehead atoms. The van der Waals surface area contributed by atoms with Gasteiger partial charge in [0, 0.05) is 23.5 Å². The van der Waals surface area contributed by atoms with Crippen LogP contribution >= 0.6 is 0 Å². The Morgan fingerprint density at radius 2 is 1.31 bits per heavy atom. The van der Waals surface area contributed by atoms with Crippen molar-refractivity contribution in [3.8, 4) is 28.7 Å². The number of ether oxygens (including phenoxy) is 12. The van der Waals surface area contributed by atoms with Crippen LogP contribution in [0, 0.1) is 11.8 Å². The van der Waals surface area contributed by atoms with Gasteiger partial charge in [0.05, 0.1) is 51.8 Å². The van der Waals surface area contributed by atoms with E-state index in [1.54, 1.807) is 12.1 Å². The largest absolute Gasteiger partial charge is 0.461 e. The molecule has 2 aromatic rings. The molecule has 5 saturated heterocycles. The Bertz CT molecular complexity index is 1780. The summed E-state index contributed by atoms with van der Waals surface area (Å²) in [6.45, 7) is -2.01. The van der Waals surface area contributed by atoms with Gasteiger partial charge in [-0.05, 0) is 23.8 Å². The molecular weight excluding hydrogens is 780 g/mol. The zero-order valence-corrected chi connectivity index (χ0v) is 30.7. The van der Waals surface area contributed by atoms with E-state index in [9.17, 15) is 46.0 Å². The van der Waals surface area contributed by atoms with E-state index in [-0.39, 0.29) is 37.3 Å². The first-order valence-corrected chi connectivity index (χ1v) is 18.9. The summed E-state index contributed by atoms with van der Waals surface area (Å²) in [4.78, 5) is 0. The number of fused-ring (bicyclic) bond motifs is 3. The fourth-order valence-corrected chi connectivity index (χ4v) is 8.43. The van der Waals surface area contributed by atoms with Gasteiger partial charge in [0.2, 0.25) is 19.9 Å². The Morgan fingerprint density at radius 3 is 2.03 bits per heavy atom. The van der Waals surface area contributed by atoms with Crippen LogP contribution < -0.4 is 23.7 Å². The number of aliphatic hydroxyl groups is 9. The minimum absolute atomic E-state index is 0.0796. The van der Waals surface area contributed by atoms with Gasteiger partial charge in [-0.1, -0.05) is 6.07 Å². The van der Waals surface area contributed by atoms with Gasteiger partial charge in [-0.15, -0.1) is 0 Å². The molecule has 7 aliphatic heterocycles. The predicted molar refractivity (Wildman–Crippen MR) is 183 cm³/mol. The summed E-state index contributed by atoms with van der Waals surface area (Å²) in [5.74, 6) is 1.86. The third-order valence-electron chi connectivity index (χ3n) is 11.8. The molecule has 0 amide bonds. The summed E-state index contributed by atoms with van der Waals surface area (Å²) in [6, 6.07) is 8.90. The molecule has 320 valence electrons. The van der Waals surface area contributed by atoms with Crippen molar-refractivity contribution in [2.75, 3.05) is 53.2 Å². The van der Waals surface area contributed by atoms with Crippen molar-refractivity contribution in [1.82, 2.24) is 0 Å². The van der Waals surface area contributed by atoms with Crippen LogP contribution in [0.5, 0.6) is 28.7 Å². The maximum Gasteiger partial charge on any atom is 0.231 e. The average molecular weight is 827 g/mol. The lowest BCUT2D eigenvalue weighted by atomic mass is 9.84. The standard InChI is InChI=1S/C37H46O21/c38-6-23-25(40)27(42)29(44)34(56-23)49-9-24-26(41)28(43)32(58-36-33(45)37(46,10-39)11-50-36)35(57-24)55-19-5-22-21(53-13-54-22)4-15(19)31-17-8-47-30(16(17)7-48-31)14-1-2-18-20(3-14)52-12-51-18/h1-5,16-17,23-36,38-46H,6-13H2. The van der Waals surface area contributed by atoms with E-state index in [4.69, 9.17) is 56.8 Å². The van der Waals surface area contributed by atoms with Crippen LogP contribution in [0.25, 0.3) is 0 Å². The number of hydrogen-bond donors (Lipinski definition) is 9. The molecule has 21 nitrogen and oxygen atoms in total. The molecule has 7 heterocycles. The van der Waals surface area contributed by atoms with Gasteiger partial charge in [0.25, 0.3) is 0 Å². The van der Waals surface area contributed by atoms with Crippen molar-refractivity contribution in [2.24, 2.45) is 11.8 Å². The molecule has 9 N–H and O–H groups in total. The summed E-state index contributed by atoms with van der Waals surface area (Å²) in [5, 5.41) is 94.6. The molecule has 7 aliphatic rings. The fourth-order valence-electron chi connectivity index (χ4n) is 8.43. The number of benzene rings is 2. The van der Waals surface area contributed by atoms with E-state index in [0.717, 1.165) is 5.56 Å². The highest BCUT2D eigenvalue weighted by Gasteiger charge is 2.55. The van der Waals surface area contributed by atoms with E-state index < -0.39 is 112 Å². The van der Waals surface area contributed by atoms with Crippen LogP contribution in [0.2, 0.25) is 0 Å². The number of aliphatic hydroxyl groups excluding tert-OH is 8. The third kappa shape index (κ3) is 7.05. The van der Waals surface area contributed by atoms with Crippen LogP contribution in [0.4, 0.5) is 0 Å². The average Bonchev–Trinajstić information content (AvgIpc) is 4.08. The summed E-state index contributed by atoms with van der Waals surface area (Å²) < 4.78 is 70.4. The van der Waals surface area contributed by atoms with Crippen molar-refractivity contribution in [1.29, 1.82) is 0 Å². The molecule has 2 aromatic carbocycles. The van der Waals surface area contributed by atoms with Crippen LogP contribution in [-0.4, -0.2) is 179 Å². The second kappa shape index (κ2) is 16.0. The fraction of sp³-hybridized carbons (Fsp3) is 0.676. The summed E-state index contributed by atoms with van der Waals surface area (Å²) in [5.41, 5.74) is -0.701. The van der Waals surface area contributed by atoms with E-state index in [1.807, 2.05) is 18.2 Å². The van der Waals surface area contributed by atoms with Crippen molar-refractivity contribution in [2.45, 2.75) is 91.6 Å². The predicted octanol–water partition coefficient (Wildman–Crippen LogP) is -3.31. The first kappa shape index (κ1) is 40.2. The number of hydrogen-bond acceptors (Lipinski definition) is 21. The maximum absolute atomic E-state index is 11.6. The maximum atomic E-state index is 11.6. The Kier molecular flexibility index (Phi) is 11.1. The Morgan fingerprint density at radius 1 is 0.655 bits per heavy atom. The second-order valence-electron chi connectivity index (χ2n) is 15.4. The van der Waals surface area contributed by atoms with E-state index in [1.165, 1.54) is 0 Å². The lowest BCUT2D eigenvalue weighted by Crippen LogP contribution is -2.63. The molecule has 58 heavy (non-hydrogen) atoms. The Labute approximate surface area is 329 Å². The van der Waals surface area contributed by atoms with Gasteiger partial charge < -0.3 is 103 Å². The SMILES string of the molecule is OCC1OC(OCC2OC(Oc3cc4c(cc3C3OCC5C(c6ccc7c(c6)OCO7)OCC35)OCO4)C(OC3OCC(O)(CO)C3O)C(O)C2O)C(O)C(O)C1O. The van der Waals surface area contributed by atoms with Gasteiger partial charge in [-0.3, -0.25) is 0 Å². The molecule has 17 atom stereocenters. The lowest BCUT2D eigenvalue weighted by molar-refractivity contribution is -0.337. The molecule has 17 unspecified atom stereocenters. The molecule has 0 aromatic heterocycles. The number of rotatable bonds is 11. The van der Waals surface area contributed by atoms with E-state index in [2.05, 4.69) is 0 Å². The van der Waals surface area contributed by atoms with Gasteiger partial charge in [-0.25, -0.2) is 0 Å². The van der Waals surface area contributed by atoms with Crippen molar-refractivity contribution in [3.05, 3.63) is 41.5 Å². The van der Waals surface area contributed by atoms with E-state index >= 15 is 0 Å². The molecule has 0 aliphatic carbocycles. The third-order valence-corrected chi connectivity index (χ3v) is 11.8. The minimum Gasteiger partial charge on any atom is -0.461 e. The molecular formula is C37H46O21. The lowest BCUT2D eigenvalue weighted by Gasteiger charge is -2.44. The summed E-state index contributed by atoms with van der Waals surface area (Å²) >= 11 is 0.